The number of hydrogen-bond donors (Lipinski definition) is 1. The number of nitrogens with zero attached hydrogens (tertiary/aromatic N) is 1. The highest BCUT2D eigenvalue weighted by molar-refractivity contribution is 7.13. The number of amides is 1. The van der Waals surface area contributed by atoms with Gasteiger partial charge in [-0.05, 0) is 55.6 Å². The average Bonchev–Trinajstić information content (AvgIpc) is 3.02. The van der Waals surface area contributed by atoms with Crippen LogP contribution in [0.3, 0.4) is 0 Å². The van der Waals surface area contributed by atoms with Crippen LogP contribution in [0.15, 0.2) is 41.8 Å². The summed E-state index contributed by atoms with van der Waals surface area (Å²) in [5.74, 6) is 0.0358. The Balaban J connectivity index is 1.71. The summed E-state index contributed by atoms with van der Waals surface area (Å²) in [5.41, 5.74) is 1.85. The zero-order valence-corrected chi connectivity index (χ0v) is 13.0. The molecule has 0 spiro atoms. The summed E-state index contributed by atoms with van der Waals surface area (Å²) in [6.45, 7) is 2.07. The molecule has 0 radical (unpaired) electrons. The predicted molar refractivity (Wildman–Crippen MR) is 87.7 cm³/mol. The Bertz CT molecular complexity index is 609. The van der Waals surface area contributed by atoms with E-state index in [9.17, 15) is 4.79 Å². The van der Waals surface area contributed by atoms with Crippen LogP contribution in [0, 0.1) is 0 Å². The van der Waals surface area contributed by atoms with E-state index >= 15 is 0 Å². The SMILES string of the molecule is CN1CCC[C@@H](NC(=O)c2cccc(-c3cccs3)c2)C1. The van der Waals surface area contributed by atoms with Gasteiger partial charge in [-0.3, -0.25) is 4.79 Å². The molecule has 0 bridgehead atoms. The molecular formula is C17H20N2OS. The minimum Gasteiger partial charge on any atom is -0.348 e. The first-order valence-corrected chi connectivity index (χ1v) is 8.24. The number of nitrogens with one attached hydrogen (secondary N) is 1. The highest BCUT2D eigenvalue weighted by Crippen LogP contribution is 2.25. The minimum absolute atomic E-state index is 0.0358. The predicted octanol–water partition coefficient (Wildman–Crippen LogP) is 3.24. The van der Waals surface area contributed by atoms with Crippen LogP contribution >= 0.6 is 11.3 Å². The molecular weight excluding hydrogens is 280 g/mol. The van der Waals surface area contributed by atoms with Crippen LogP contribution in [0.1, 0.15) is 23.2 Å². The van der Waals surface area contributed by atoms with Crippen molar-refractivity contribution < 1.29 is 4.79 Å². The molecule has 1 aliphatic rings. The molecule has 3 nitrogen and oxygen atoms in total. The van der Waals surface area contributed by atoms with Gasteiger partial charge in [-0.15, -0.1) is 11.3 Å². The van der Waals surface area contributed by atoms with Gasteiger partial charge >= 0.3 is 0 Å². The minimum atomic E-state index is 0.0358. The molecule has 1 atom stereocenters. The third-order valence-electron chi connectivity index (χ3n) is 3.89. The molecule has 2 aromatic rings. The van der Waals surface area contributed by atoms with Gasteiger partial charge in [0.05, 0.1) is 0 Å². The summed E-state index contributed by atoms with van der Waals surface area (Å²) in [4.78, 5) is 15.9. The van der Waals surface area contributed by atoms with Gasteiger partial charge in [0.1, 0.15) is 0 Å². The van der Waals surface area contributed by atoms with Crippen molar-refractivity contribution in [3.05, 3.63) is 47.3 Å². The maximum absolute atomic E-state index is 12.4. The monoisotopic (exact) mass is 300 g/mol. The third-order valence-corrected chi connectivity index (χ3v) is 4.81. The van der Waals surface area contributed by atoms with Crippen molar-refractivity contribution in [3.8, 4) is 10.4 Å². The number of thiophene rings is 1. The number of likely N-dealkylation sites (N-methyl/N-ethyl adjacent to an activating group) is 1. The van der Waals surface area contributed by atoms with Gasteiger partial charge in [0.15, 0.2) is 0 Å². The normalized spacial score (nSPS) is 19.4. The highest BCUT2D eigenvalue weighted by atomic mass is 32.1. The summed E-state index contributed by atoms with van der Waals surface area (Å²) in [7, 11) is 2.11. The second-order valence-electron chi connectivity index (χ2n) is 5.63. The van der Waals surface area contributed by atoms with Crippen molar-refractivity contribution in [2.75, 3.05) is 20.1 Å². The van der Waals surface area contributed by atoms with Crippen LogP contribution in [0.25, 0.3) is 10.4 Å². The molecule has 21 heavy (non-hydrogen) atoms. The molecule has 1 N–H and O–H groups in total. The van der Waals surface area contributed by atoms with Gasteiger partial charge < -0.3 is 10.2 Å². The van der Waals surface area contributed by atoms with Crippen LogP contribution in [0.5, 0.6) is 0 Å². The summed E-state index contributed by atoms with van der Waals surface area (Å²) in [6, 6.07) is 12.3. The van der Waals surface area contributed by atoms with E-state index in [-0.39, 0.29) is 11.9 Å². The first-order chi connectivity index (χ1) is 10.2. The molecule has 3 rings (SSSR count). The lowest BCUT2D eigenvalue weighted by molar-refractivity contribution is 0.0912. The molecule has 1 aromatic heterocycles. The van der Waals surface area contributed by atoms with E-state index in [0.717, 1.165) is 37.1 Å². The number of rotatable bonds is 3. The van der Waals surface area contributed by atoms with E-state index in [0.29, 0.717) is 0 Å². The van der Waals surface area contributed by atoms with Gasteiger partial charge in [-0.25, -0.2) is 0 Å². The van der Waals surface area contributed by atoms with Crippen molar-refractivity contribution in [1.29, 1.82) is 0 Å². The lowest BCUT2D eigenvalue weighted by Gasteiger charge is -2.30. The number of likely N-dealkylation sites (tertiary alicyclic amines) is 1. The zero-order chi connectivity index (χ0) is 14.7. The van der Waals surface area contributed by atoms with E-state index in [2.05, 4.69) is 34.8 Å². The van der Waals surface area contributed by atoms with Gasteiger partial charge in [0.2, 0.25) is 0 Å². The fourth-order valence-corrected chi connectivity index (χ4v) is 3.53. The van der Waals surface area contributed by atoms with Crippen LogP contribution < -0.4 is 5.32 Å². The van der Waals surface area contributed by atoms with Crippen LogP contribution in [0.4, 0.5) is 0 Å². The average molecular weight is 300 g/mol. The van der Waals surface area contributed by atoms with Crippen molar-refractivity contribution >= 4 is 17.2 Å². The lowest BCUT2D eigenvalue weighted by Crippen LogP contribution is -2.46. The molecule has 1 amide bonds. The summed E-state index contributed by atoms with van der Waals surface area (Å²) in [5, 5.41) is 5.22. The third kappa shape index (κ3) is 3.52. The Hall–Kier alpha value is -1.65. The van der Waals surface area contributed by atoms with Crippen molar-refractivity contribution in [3.63, 3.8) is 0 Å². The number of benzene rings is 1. The molecule has 0 unspecified atom stereocenters. The Kier molecular flexibility index (Phi) is 4.36. The van der Waals surface area contributed by atoms with Gasteiger partial charge in [0, 0.05) is 23.0 Å². The summed E-state index contributed by atoms with van der Waals surface area (Å²) >= 11 is 1.69. The van der Waals surface area contributed by atoms with Gasteiger partial charge in [-0.1, -0.05) is 18.2 Å². The Morgan fingerprint density at radius 1 is 1.33 bits per heavy atom. The van der Waals surface area contributed by atoms with Crippen molar-refractivity contribution in [2.24, 2.45) is 0 Å². The Labute approximate surface area is 129 Å². The molecule has 4 heteroatoms. The molecule has 1 aliphatic heterocycles. The second kappa shape index (κ2) is 6.41. The standard InChI is InChI=1S/C17H20N2OS/c1-19-9-3-7-15(12-19)18-17(20)14-6-2-5-13(11-14)16-8-4-10-21-16/h2,4-6,8,10-11,15H,3,7,9,12H2,1H3,(H,18,20)/t15-/m1/s1. The molecule has 110 valence electrons. The fraction of sp³-hybridized carbons (Fsp3) is 0.353. The largest absolute Gasteiger partial charge is 0.348 e. The fourth-order valence-electron chi connectivity index (χ4n) is 2.81. The van der Waals surface area contributed by atoms with Crippen LogP contribution in [-0.4, -0.2) is 37.0 Å². The zero-order valence-electron chi connectivity index (χ0n) is 12.2. The highest BCUT2D eigenvalue weighted by Gasteiger charge is 2.19. The second-order valence-corrected chi connectivity index (χ2v) is 6.58. The van der Waals surface area contributed by atoms with E-state index < -0.39 is 0 Å². The Morgan fingerprint density at radius 3 is 3.00 bits per heavy atom. The first-order valence-electron chi connectivity index (χ1n) is 7.36. The quantitative estimate of drug-likeness (QED) is 0.944. The van der Waals surface area contributed by atoms with Gasteiger partial charge in [-0.2, -0.15) is 0 Å². The van der Waals surface area contributed by atoms with Crippen molar-refractivity contribution in [2.45, 2.75) is 18.9 Å². The number of piperidine rings is 1. The number of hydrogen-bond acceptors (Lipinski definition) is 3. The smallest absolute Gasteiger partial charge is 0.251 e. The number of carbonyl (C=O) groups is 1. The van der Waals surface area contributed by atoms with Crippen LogP contribution in [0.2, 0.25) is 0 Å². The Morgan fingerprint density at radius 2 is 2.24 bits per heavy atom. The van der Waals surface area contributed by atoms with E-state index in [1.807, 2.05) is 24.3 Å². The lowest BCUT2D eigenvalue weighted by atomic mass is 10.0. The molecule has 1 aromatic carbocycles. The topological polar surface area (TPSA) is 32.3 Å². The summed E-state index contributed by atoms with van der Waals surface area (Å²) in [6.07, 6.45) is 2.22. The summed E-state index contributed by atoms with van der Waals surface area (Å²) < 4.78 is 0. The molecule has 0 aliphatic carbocycles. The van der Waals surface area contributed by atoms with E-state index in [1.165, 1.54) is 4.88 Å². The maximum Gasteiger partial charge on any atom is 0.251 e. The molecule has 1 saturated heterocycles. The maximum atomic E-state index is 12.4. The number of carbonyl (C=O) groups excluding carboxylic acids is 1. The molecule has 0 saturated carbocycles. The molecule has 1 fully saturated rings. The first kappa shape index (κ1) is 14.3. The van der Waals surface area contributed by atoms with Crippen LogP contribution in [-0.2, 0) is 0 Å². The van der Waals surface area contributed by atoms with E-state index in [4.69, 9.17) is 0 Å². The van der Waals surface area contributed by atoms with E-state index in [1.54, 1.807) is 11.3 Å². The van der Waals surface area contributed by atoms with Crippen molar-refractivity contribution in [1.82, 2.24) is 10.2 Å². The molecule has 2 heterocycles. The van der Waals surface area contributed by atoms with Gasteiger partial charge in [0.25, 0.3) is 5.91 Å².